The quantitative estimate of drug-likeness (QED) is 0.600. The highest BCUT2D eigenvalue weighted by molar-refractivity contribution is 5.82. The van der Waals surface area contributed by atoms with Crippen LogP contribution in [0.15, 0.2) is 66.9 Å². The van der Waals surface area contributed by atoms with Crippen LogP contribution in [0.3, 0.4) is 0 Å². The zero-order chi connectivity index (χ0) is 25.0. The highest BCUT2D eigenvalue weighted by atomic mass is 16.5. The molecule has 1 aromatic heterocycles. The van der Waals surface area contributed by atoms with Crippen LogP contribution in [0.25, 0.3) is 0 Å². The molecule has 1 unspecified atom stereocenters. The van der Waals surface area contributed by atoms with Crippen LogP contribution in [0, 0.1) is 17.2 Å². The number of hydrogen-bond acceptors (Lipinski definition) is 7. The molecule has 0 spiro atoms. The third kappa shape index (κ3) is 2.99. The molecule has 35 heavy (non-hydrogen) atoms. The lowest BCUT2D eigenvalue weighted by molar-refractivity contribution is -0.157. The first-order valence-corrected chi connectivity index (χ1v) is 11.2. The number of aliphatic hydroxyl groups excluding tert-OH is 1. The van der Waals surface area contributed by atoms with Crippen LogP contribution in [-0.4, -0.2) is 53.3 Å². The van der Waals surface area contributed by atoms with E-state index < -0.39 is 29.1 Å². The van der Waals surface area contributed by atoms with Gasteiger partial charge >= 0.3 is 0 Å². The van der Waals surface area contributed by atoms with Gasteiger partial charge in [-0.2, -0.15) is 5.26 Å². The number of carbonyl (C=O) groups is 1. The molecule has 2 heterocycles. The molecule has 5 rings (SSSR count). The van der Waals surface area contributed by atoms with Crippen LogP contribution in [0.1, 0.15) is 28.3 Å². The van der Waals surface area contributed by atoms with Gasteiger partial charge in [-0.1, -0.05) is 42.5 Å². The molecule has 3 aromatic rings. The number of amides is 1. The Hall–Kier alpha value is -3.93. The van der Waals surface area contributed by atoms with Gasteiger partial charge in [0.1, 0.15) is 29.4 Å². The lowest BCUT2D eigenvalue weighted by atomic mass is 9.71. The normalized spacial score (nSPS) is 28.4. The Morgan fingerprint density at radius 3 is 2.46 bits per heavy atom. The van der Waals surface area contributed by atoms with Crippen molar-refractivity contribution < 1.29 is 24.5 Å². The molecule has 1 fully saturated rings. The van der Waals surface area contributed by atoms with E-state index in [1.165, 1.54) is 17.2 Å². The van der Waals surface area contributed by atoms with E-state index in [0.29, 0.717) is 16.9 Å². The maximum absolute atomic E-state index is 13.5. The van der Waals surface area contributed by atoms with Crippen molar-refractivity contribution in [3.8, 4) is 17.6 Å². The van der Waals surface area contributed by atoms with Crippen molar-refractivity contribution in [2.24, 2.45) is 5.92 Å². The molecule has 2 N–H and O–H groups in total. The molecule has 8 heteroatoms. The first-order chi connectivity index (χ1) is 16.8. The van der Waals surface area contributed by atoms with E-state index in [1.54, 1.807) is 45.5 Å². The van der Waals surface area contributed by atoms with Crippen LogP contribution < -0.4 is 9.47 Å². The molecule has 0 radical (unpaired) electrons. The minimum atomic E-state index is -2.08. The van der Waals surface area contributed by atoms with Gasteiger partial charge in [-0.25, -0.2) is 0 Å². The summed E-state index contributed by atoms with van der Waals surface area (Å²) >= 11 is 0. The summed E-state index contributed by atoms with van der Waals surface area (Å²) in [5.41, 5.74) is -2.09. The molecule has 1 amide bonds. The fourth-order valence-corrected chi connectivity index (χ4v) is 5.63. The lowest BCUT2D eigenvalue weighted by Crippen LogP contribution is -2.52. The van der Waals surface area contributed by atoms with Crippen molar-refractivity contribution in [2.75, 3.05) is 21.2 Å². The van der Waals surface area contributed by atoms with Crippen molar-refractivity contribution in [3.05, 3.63) is 89.2 Å². The summed E-state index contributed by atoms with van der Waals surface area (Å²) in [5, 5.41) is 33.6. The van der Waals surface area contributed by atoms with E-state index in [2.05, 4.69) is 4.98 Å². The van der Waals surface area contributed by atoms with E-state index in [9.17, 15) is 20.3 Å². The average Bonchev–Trinajstić information content (AvgIpc) is 3.26. The molecule has 0 saturated heterocycles. The Morgan fingerprint density at radius 2 is 1.86 bits per heavy atom. The molecular formula is C27H25N3O5. The second kappa shape index (κ2) is 8.08. The van der Waals surface area contributed by atoms with Crippen molar-refractivity contribution in [1.82, 2.24) is 9.88 Å². The minimum Gasteiger partial charge on any atom is -0.497 e. The Kier molecular flexibility index (Phi) is 5.28. The molecule has 5 atom stereocenters. The van der Waals surface area contributed by atoms with E-state index in [1.807, 2.05) is 36.4 Å². The summed E-state index contributed by atoms with van der Waals surface area (Å²) in [6, 6.07) is 19.8. The number of aliphatic hydroxyl groups is 2. The molecule has 1 aliphatic heterocycles. The number of nitriles is 1. The first-order valence-electron chi connectivity index (χ1n) is 11.2. The van der Waals surface area contributed by atoms with Crippen molar-refractivity contribution in [3.63, 3.8) is 0 Å². The molecular weight excluding hydrogens is 446 g/mol. The Morgan fingerprint density at radius 1 is 1.17 bits per heavy atom. The second-order valence-electron chi connectivity index (χ2n) is 9.11. The number of rotatable bonds is 4. The molecule has 178 valence electrons. The predicted octanol–water partition coefficient (Wildman–Crippen LogP) is 2.30. The summed E-state index contributed by atoms with van der Waals surface area (Å²) in [6.45, 7) is 0. The lowest BCUT2D eigenvalue weighted by Gasteiger charge is -2.40. The highest BCUT2D eigenvalue weighted by Crippen LogP contribution is 2.68. The van der Waals surface area contributed by atoms with Crippen molar-refractivity contribution in [2.45, 2.75) is 23.2 Å². The van der Waals surface area contributed by atoms with Gasteiger partial charge in [-0.05, 0) is 23.3 Å². The van der Waals surface area contributed by atoms with Crippen LogP contribution in [0.2, 0.25) is 0 Å². The van der Waals surface area contributed by atoms with Crippen LogP contribution in [0.4, 0.5) is 0 Å². The van der Waals surface area contributed by atoms with Crippen molar-refractivity contribution >= 4 is 5.91 Å². The largest absolute Gasteiger partial charge is 0.497 e. The summed E-state index contributed by atoms with van der Waals surface area (Å²) in [6.07, 6.45) is -0.221. The number of methoxy groups -OCH3 is 1. The summed E-state index contributed by atoms with van der Waals surface area (Å²) < 4.78 is 11.9. The predicted molar refractivity (Wildman–Crippen MR) is 126 cm³/mol. The topological polar surface area (TPSA) is 116 Å². The molecule has 8 nitrogen and oxygen atoms in total. The van der Waals surface area contributed by atoms with Gasteiger partial charge < -0.3 is 24.6 Å². The fourth-order valence-electron chi connectivity index (χ4n) is 5.63. The van der Waals surface area contributed by atoms with E-state index in [0.717, 1.165) is 0 Å². The minimum absolute atomic E-state index is 0.0924. The van der Waals surface area contributed by atoms with Gasteiger partial charge in [0.05, 0.1) is 18.6 Å². The van der Waals surface area contributed by atoms with Crippen LogP contribution in [-0.2, 0) is 16.0 Å². The first kappa shape index (κ1) is 22.8. The maximum Gasteiger partial charge on any atom is 0.228 e. The van der Waals surface area contributed by atoms with Gasteiger partial charge in [-0.3, -0.25) is 9.78 Å². The molecule has 0 bridgehead atoms. The average molecular weight is 472 g/mol. The Balaban J connectivity index is 1.85. The number of fused-ring (bicyclic) bond motifs is 3. The monoisotopic (exact) mass is 471 g/mol. The SMILES string of the molecule is COc1ccc([C@@]23Oc4cc(C#N)cnc4C2(O)[C@H](O)[C@H](C(=O)N(C)C)[C@H]3c2ccccc2)cc1. The standard InChI is InChI=1S/C27H25N3O5/c1-30(2)25(32)21-22(17-7-5-4-6-8-17)27(18-9-11-19(34-3)12-10-18)26(33,24(21)31)23-20(35-27)13-16(14-28)15-29-23/h4-13,15,21-22,24,31,33H,1-3H3/t21-,22-,24-,26?,27+/m1/s1. The number of ether oxygens (including phenoxy) is 2. The third-order valence-electron chi connectivity index (χ3n) is 7.15. The summed E-state index contributed by atoms with van der Waals surface area (Å²) in [5.74, 6) is -1.37. The molecule has 1 saturated carbocycles. The van der Waals surface area contributed by atoms with Crippen molar-refractivity contribution in [1.29, 1.82) is 5.26 Å². The Labute approximate surface area is 203 Å². The maximum atomic E-state index is 13.5. The van der Waals surface area contributed by atoms with Crippen LogP contribution >= 0.6 is 0 Å². The number of aromatic nitrogens is 1. The van der Waals surface area contributed by atoms with Gasteiger partial charge in [0.2, 0.25) is 5.91 Å². The van der Waals surface area contributed by atoms with E-state index in [4.69, 9.17) is 9.47 Å². The van der Waals surface area contributed by atoms with Gasteiger partial charge in [0.15, 0.2) is 11.2 Å². The van der Waals surface area contributed by atoms with Crippen LogP contribution in [0.5, 0.6) is 11.5 Å². The zero-order valence-corrected chi connectivity index (χ0v) is 19.5. The van der Waals surface area contributed by atoms with Gasteiger partial charge in [0, 0.05) is 32.3 Å². The second-order valence-corrected chi connectivity index (χ2v) is 9.11. The number of nitrogens with zero attached hydrogens (tertiary/aromatic N) is 3. The van der Waals surface area contributed by atoms with E-state index in [-0.39, 0.29) is 22.9 Å². The fraction of sp³-hybridized carbons (Fsp3) is 0.296. The van der Waals surface area contributed by atoms with E-state index >= 15 is 0 Å². The number of benzene rings is 2. The molecule has 2 aromatic carbocycles. The number of pyridine rings is 1. The van der Waals surface area contributed by atoms with Gasteiger partial charge in [0.25, 0.3) is 0 Å². The number of hydrogen-bond donors (Lipinski definition) is 2. The third-order valence-corrected chi connectivity index (χ3v) is 7.15. The zero-order valence-electron chi connectivity index (χ0n) is 19.5. The smallest absolute Gasteiger partial charge is 0.228 e. The molecule has 2 aliphatic rings. The van der Waals surface area contributed by atoms with Gasteiger partial charge in [-0.15, -0.1) is 0 Å². The Bertz CT molecular complexity index is 1320. The molecule has 1 aliphatic carbocycles. The summed E-state index contributed by atoms with van der Waals surface area (Å²) in [4.78, 5) is 19.3. The summed E-state index contributed by atoms with van der Waals surface area (Å²) in [7, 11) is 4.78. The highest BCUT2D eigenvalue weighted by Gasteiger charge is 2.78. The number of carbonyl (C=O) groups excluding carboxylic acids is 1.